The van der Waals surface area contributed by atoms with Crippen LogP contribution >= 0.6 is 0 Å². The first-order valence-corrected chi connectivity index (χ1v) is 4.23. The molecule has 1 N–H and O–H groups in total. The molecule has 0 fully saturated rings. The van der Waals surface area contributed by atoms with Crippen LogP contribution in [0.3, 0.4) is 0 Å². The summed E-state index contributed by atoms with van der Waals surface area (Å²) in [5.41, 5.74) is 2.86. The van der Waals surface area contributed by atoms with Gasteiger partial charge in [-0.3, -0.25) is 0 Å². The van der Waals surface area contributed by atoms with Gasteiger partial charge in [0.15, 0.2) is 0 Å². The molecule has 0 saturated heterocycles. The molecule has 1 aromatic rings. The van der Waals surface area contributed by atoms with Crippen molar-refractivity contribution in [3.05, 3.63) is 53.6 Å². The van der Waals surface area contributed by atoms with Crippen LogP contribution in [0.1, 0.15) is 18.1 Å². The monoisotopic (exact) mass is 174 g/mol. The van der Waals surface area contributed by atoms with Crippen molar-refractivity contribution in [1.82, 2.24) is 0 Å². The van der Waals surface area contributed by atoms with Gasteiger partial charge in [0.1, 0.15) is 5.76 Å². The zero-order valence-corrected chi connectivity index (χ0v) is 8.04. The normalized spacial score (nSPS) is 11.4. The van der Waals surface area contributed by atoms with Gasteiger partial charge in [-0.15, -0.1) is 0 Å². The molecule has 0 bridgehead atoms. The fraction of sp³-hybridized carbons (Fsp3) is 0.167. The molecule has 68 valence electrons. The quantitative estimate of drug-likeness (QED) is 0.537. The average molecular weight is 174 g/mol. The lowest BCUT2D eigenvalue weighted by Crippen LogP contribution is -1.83. The van der Waals surface area contributed by atoms with E-state index in [1.54, 1.807) is 6.08 Å². The first-order chi connectivity index (χ1) is 6.09. The lowest BCUT2D eigenvalue weighted by Gasteiger charge is -2.00. The third-order valence-electron chi connectivity index (χ3n) is 1.73. The molecule has 0 heterocycles. The van der Waals surface area contributed by atoms with Crippen molar-refractivity contribution in [3.8, 4) is 0 Å². The topological polar surface area (TPSA) is 20.2 Å². The van der Waals surface area contributed by atoms with Crippen molar-refractivity contribution in [2.45, 2.75) is 13.8 Å². The molecule has 1 aromatic carbocycles. The van der Waals surface area contributed by atoms with Crippen LogP contribution in [0.4, 0.5) is 0 Å². The Morgan fingerprint density at radius 3 is 2.31 bits per heavy atom. The summed E-state index contributed by atoms with van der Waals surface area (Å²) < 4.78 is 0. The number of hydrogen-bond acceptors (Lipinski definition) is 1. The van der Waals surface area contributed by atoms with Gasteiger partial charge >= 0.3 is 0 Å². The SMILES string of the molecule is C=C(C)/C=C(\O)c1ccc(C)cc1. The Bertz CT molecular complexity index is 331. The zero-order chi connectivity index (χ0) is 9.84. The number of allylic oxidation sites excluding steroid dienone is 2. The van der Waals surface area contributed by atoms with Crippen LogP contribution in [0.25, 0.3) is 5.76 Å². The van der Waals surface area contributed by atoms with Crippen LogP contribution in [0.5, 0.6) is 0 Å². The summed E-state index contributed by atoms with van der Waals surface area (Å²) in [6, 6.07) is 7.73. The third kappa shape index (κ3) is 2.79. The predicted octanol–water partition coefficient (Wildman–Crippen LogP) is 3.47. The smallest absolute Gasteiger partial charge is 0.123 e. The Kier molecular flexibility index (Phi) is 2.91. The van der Waals surface area contributed by atoms with Crippen LogP contribution < -0.4 is 0 Å². The van der Waals surface area contributed by atoms with E-state index in [-0.39, 0.29) is 5.76 Å². The number of aliphatic hydroxyl groups excluding tert-OH is 1. The summed E-state index contributed by atoms with van der Waals surface area (Å²) in [6.45, 7) is 7.57. The van der Waals surface area contributed by atoms with Gasteiger partial charge in [-0.25, -0.2) is 0 Å². The van der Waals surface area contributed by atoms with Crippen LogP contribution in [0.15, 0.2) is 42.5 Å². The van der Waals surface area contributed by atoms with Gasteiger partial charge in [-0.2, -0.15) is 0 Å². The van der Waals surface area contributed by atoms with Gasteiger partial charge in [0.05, 0.1) is 0 Å². The minimum Gasteiger partial charge on any atom is -0.507 e. The highest BCUT2D eigenvalue weighted by Gasteiger charge is 1.96. The molecule has 0 spiro atoms. The Labute approximate surface area is 79.0 Å². The van der Waals surface area contributed by atoms with Crippen LogP contribution in [0.2, 0.25) is 0 Å². The van der Waals surface area contributed by atoms with E-state index >= 15 is 0 Å². The van der Waals surface area contributed by atoms with E-state index in [1.165, 1.54) is 5.56 Å². The molecule has 0 aliphatic carbocycles. The minimum absolute atomic E-state index is 0.271. The van der Waals surface area contributed by atoms with Crippen molar-refractivity contribution >= 4 is 5.76 Å². The van der Waals surface area contributed by atoms with E-state index in [0.717, 1.165) is 11.1 Å². The zero-order valence-electron chi connectivity index (χ0n) is 8.04. The summed E-state index contributed by atoms with van der Waals surface area (Å²) >= 11 is 0. The summed E-state index contributed by atoms with van der Waals surface area (Å²) in [5, 5.41) is 9.58. The standard InChI is InChI=1S/C12H14O/c1-9(2)8-12(13)11-6-4-10(3)5-7-11/h4-8,13H,1H2,2-3H3/b12-8-. The molecule has 1 rings (SSSR count). The number of rotatable bonds is 2. The molecular weight excluding hydrogens is 160 g/mol. The van der Waals surface area contributed by atoms with Crippen molar-refractivity contribution in [2.75, 3.05) is 0 Å². The number of hydrogen-bond donors (Lipinski definition) is 1. The molecule has 0 amide bonds. The average Bonchev–Trinajstić information content (AvgIpc) is 2.04. The summed E-state index contributed by atoms with van der Waals surface area (Å²) in [5.74, 6) is 0.271. The minimum atomic E-state index is 0.271. The molecule has 0 aliphatic heterocycles. The van der Waals surface area contributed by atoms with Gasteiger partial charge < -0.3 is 5.11 Å². The molecule has 0 aliphatic rings. The van der Waals surface area contributed by atoms with Gasteiger partial charge in [-0.05, 0) is 19.9 Å². The predicted molar refractivity (Wildman–Crippen MR) is 56.6 cm³/mol. The maximum atomic E-state index is 9.58. The van der Waals surface area contributed by atoms with Crippen molar-refractivity contribution in [2.24, 2.45) is 0 Å². The fourth-order valence-electron chi connectivity index (χ4n) is 1.04. The van der Waals surface area contributed by atoms with Gasteiger partial charge in [0.2, 0.25) is 0 Å². The molecule has 0 atom stereocenters. The number of aryl methyl sites for hydroxylation is 1. The lowest BCUT2D eigenvalue weighted by atomic mass is 10.1. The summed E-state index contributed by atoms with van der Waals surface area (Å²) in [7, 11) is 0. The Balaban J connectivity index is 2.96. The van der Waals surface area contributed by atoms with Crippen molar-refractivity contribution < 1.29 is 5.11 Å². The maximum Gasteiger partial charge on any atom is 0.123 e. The van der Waals surface area contributed by atoms with E-state index < -0.39 is 0 Å². The van der Waals surface area contributed by atoms with E-state index in [9.17, 15) is 5.11 Å². The van der Waals surface area contributed by atoms with E-state index in [1.807, 2.05) is 38.1 Å². The van der Waals surface area contributed by atoms with E-state index in [2.05, 4.69) is 6.58 Å². The molecule has 1 nitrogen and oxygen atoms in total. The van der Waals surface area contributed by atoms with Crippen LogP contribution in [-0.2, 0) is 0 Å². The third-order valence-corrected chi connectivity index (χ3v) is 1.73. The van der Waals surface area contributed by atoms with Gasteiger partial charge in [0.25, 0.3) is 0 Å². The Hall–Kier alpha value is -1.50. The fourth-order valence-corrected chi connectivity index (χ4v) is 1.04. The molecule has 0 aromatic heterocycles. The highest BCUT2D eigenvalue weighted by Crippen LogP contribution is 2.13. The maximum absolute atomic E-state index is 9.58. The summed E-state index contributed by atoms with van der Waals surface area (Å²) in [4.78, 5) is 0. The molecule has 0 unspecified atom stereocenters. The van der Waals surface area contributed by atoms with Crippen LogP contribution in [0, 0.1) is 6.92 Å². The molecule has 0 saturated carbocycles. The Morgan fingerprint density at radius 1 is 1.31 bits per heavy atom. The second-order valence-electron chi connectivity index (χ2n) is 3.24. The molecule has 13 heavy (non-hydrogen) atoms. The number of aliphatic hydroxyl groups is 1. The Morgan fingerprint density at radius 2 is 1.85 bits per heavy atom. The van der Waals surface area contributed by atoms with E-state index in [0.29, 0.717) is 0 Å². The molecule has 1 heteroatoms. The summed E-state index contributed by atoms with van der Waals surface area (Å²) in [6.07, 6.45) is 1.66. The number of benzene rings is 1. The lowest BCUT2D eigenvalue weighted by molar-refractivity contribution is 0.511. The first kappa shape index (κ1) is 9.59. The largest absolute Gasteiger partial charge is 0.507 e. The second kappa shape index (κ2) is 3.94. The van der Waals surface area contributed by atoms with Crippen molar-refractivity contribution in [1.29, 1.82) is 0 Å². The highest BCUT2D eigenvalue weighted by molar-refractivity contribution is 5.61. The van der Waals surface area contributed by atoms with Crippen LogP contribution in [-0.4, -0.2) is 5.11 Å². The second-order valence-corrected chi connectivity index (χ2v) is 3.24. The molecule has 0 radical (unpaired) electrons. The van der Waals surface area contributed by atoms with Gasteiger partial charge in [-0.1, -0.05) is 42.0 Å². The molecular formula is C12H14O. The first-order valence-electron chi connectivity index (χ1n) is 4.23. The van der Waals surface area contributed by atoms with Gasteiger partial charge in [0, 0.05) is 5.56 Å². The highest BCUT2D eigenvalue weighted by atomic mass is 16.3. The van der Waals surface area contributed by atoms with E-state index in [4.69, 9.17) is 0 Å². The van der Waals surface area contributed by atoms with Crippen molar-refractivity contribution in [3.63, 3.8) is 0 Å².